The molecule has 0 amide bonds. The molecule has 2 nitrogen and oxygen atoms in total. The van der Waals surface area contributed by atoms with E-state index in [4.69, 9.17) is 4.74 Å². The fourth-order valence-corrected chi connectivity index (χ4v) is 1.72. The zero-order valence-corrected chi connectivity index (χ0v) is 10.4. The molecule has 20 heavy (non-hydrogen) atoms. The van der Waals surface area contributed by atoms with Gasteiger partial charge in [-0.25, -0.2) is 4.39 Å². The normalized spacial score (nSPS) is 19.5. The smallest absolute Gasteiger partial charge is 0.375 e. The summed E-state index contributed by atoms with van der Waals surface area (Å²) in [5, 5.41) is 0. The van der Waals surface area contributed by atoms with Gasteiger partial charge in [0.05, 0.1) is 6.61 Å². The molecule has 110 valence electrons. The third-order valence-electron chi connectivity index (χ3n) is 2.80. The van der Waals surface area contributed by atoms with E-state index in [-0.39, 0.29) is 0 Å². The average Bonchev–Trinajstić information content (AvgIpc) is 2.40. The second kappa shape index (κ2) is 4.96. The Hall–Kier alpha value is -1.79. The molecule has 1 aromatic carbocycles. The first-order chi connectivity index (χ1) is 9.32. The van der Waals surface area contributed by atoms with Crippen LogP contribution in [0.2, 0.25) is 0 Å². The lowest BCUT2D eigenvalue weighted by molar-refractivity contribution is -0.233. The summed E-state index contributed by atoms with van der Waals surface area (Å²) in [5.74, 6) is -12.9. The molecule has 1 aliphatic rings. The first-order valence-corrected chi connectivity index (χ1v) is 5.82. The molecule has 0 saturated carbocycles. The zero-order valence-electron chi connectivity index (χ0n) is 10.4. The number of ether oxygens (including phenoxy) is 2. The van der Waals surface area contributed by atoms with E-state index in [1.807, 2.05) is 0 Å². The van der Waals surface area contributed by atoms with Gasteiger partial charge in [-0.1, -0.05) is 18.2 Å². The molecule has 0 fully saturated rings. The molecule has 0 aliphatic heterocycles. The molecular weight excluding hydrogens is 283 g/mol. The second-order valence-electron chi connectivity index (χ2n) is 4.12. The molecule has 0 spiro atoms. The van der Waals surface area contributed by atoms with Gasteiger partial charge in [0.15, 0.2) is 0 Å². The van der Waals surface area contributed by atoms with E-state index in [1.54, 1.807) is 25.1 Å². The predicted molar refractivity (Wildman–Crippen MR) is 60.4 cm³/mol. The fraction of sp³-hybridized carbons (Fsp3) is 0.385. The highest BCUT2D eigenvalue weighted by molar-refractivity contribution is 5.37. The van der Waals surface area contributed by atoms with Crippen molar-refractivity contribution in [1.82, 2.24) is 0 Å². The summed E-state index contributed by atoms with van der Waals surface area (Å²) in [5.41, 5.74) is 0.362. The van der Waals surface area contributed by atoms with Crippen molar-refractivity contribution < 1.29 is 31.4 Å². The summed E-state index contributed by atoms with van der Waals surface area (Å²) in [6.45, 7) is 1.58. The van der Waals surface area contributed by atoms with Crippen molar-refractivity contribution in [2.24, 2.45) is 0 Å². The van der Waals surface area contributed by atoms with Crippen LogP contribution in [0.5, 0.6) is 5.75 Å². The van der Waals surface area contributed by atoms with E-state index in [9.17, 15) is 22.0 Å². The lowest BCUT2D eigenvalue weighted by Crippen LogP contribution is -2.53. The van der Waals surface area contributed by atoms with Gasteiger partial charge >= 0.3 is 11.8 Å². The van der Waals surface area contributed by atoms with Crippen LogP contribution in [0.4, 0.5) is 22.0 Å². The summed E-state index contributed by atoms with van der Waals surface area (Å²) < 4.78 is 73.8. The lowest BCUT2D eigenvalue weighted by atomic mass is 9.96. The average molecular weight is 294 g/mol. The standard InChI is InChI=1S/C13H11F5O2/c1-2-19-9-6-4-3-5-8(9)7-20-11-10(14)12(15,16)13(11,17)18/h3-6H,2,7H2,1H3. The maximum absolute atomic E-state index is 13.0. The molecule has 7 heteroatoms. The van der Waals surface area contributed by atoms with Crippen molar-refractivity contribution in [1.29, 1.82) is 0 Å². The molecule has 0 heterocycles. The first-order valence-electron chi connectivity index (χ1n) is 5.82. The number of hydrogen-bond donors (Lipinski definition) is 0. The third kappa shape index (κ3) is 2.10. The SMILES string of the molecule is CCOc1ccccc1COC1=C(F)C(F)(F)C1(F)F. The monoisotopic (exact) mass is 294 g/mol. The number of allylic oxidation sites excluding steroid dienone is 2. The number of halogens is 5. The number of benzene rings is 1. The van der Waals surface area contributed by atoms with E-state index >= 15 is 0 Å². The number of hydrogen-bond acceptors (Lipinski definition) is 2. The van der Waals surface area contributed by atoms with Gasteiger partial charge < -0.3 is 9.47 Å². The van der Waals surface area contributed by atoms with E-state index < -0.39 is 30.0 Å². The van der Waals surface area contributed by atoms with E-state index in [1.165, 1.54) is 6.07 Å². The van der Waals surface area contributed by atoms with E-state index in [0.717, 1.165) is 0 Å². The molecule has 1 aromatic rings. The highest BCUT2D eigenvalue weighted by Gasteiger charge is 2.74. The second-order valence-corrected chi connectivity index (χ2v) is 4.12. The number of rotatable bonds is 5. The van der Waals surface area contributed by atoms with Gasteiger partial charge in [0, 0.05) is 5.56 Å². The van der Waals surface area contributed by atoms with Gasteiger partial charge in [0.2, 0.25) is 11.6 Å². The van der Waals surface area contributed by atoms with Crippen molar-refractivity contribution in [3.05, 3.63) is 41.4 Å². The fourth-order valence-electron chi connectivity index (χ4n) is 1.72. The Kier molecular flexibility index (Phi) is 3.62. The largest absolute Gasteiger partial charge is 0.493 e. The first kappa shape index (κ1) is 14.6. The molecule has 1 aliphatic carbocycles. The molecule has 0 atom stereocenters. The molecular formula is C13H11F5O2. The summed E-state index contributed by atoms with van der Waals surface area (Å²) in [6, 6.07) is 6.33. The molecule has 0 radical (unpaired) electrons. The molecule has 0 saturated heterocycles. The van der Waals surface area contributed by atoms with Gasteiger partial charge in [0.25, 0.3) is 0 Å². The van der Waals surface area contributed by atoms with Crippen LogP contribution in [-0.4, -0.2) is 18.5 Å². The van der Waals surface area contributed by atoms with Crippen molar-refractivity contribution in [3.8, 4) is 5.75 Å². The Morgan fingerprint density at radius 3 is 2.25 bits per heavy atom. The minimum atomic E-state index is -4.79. The quantitative estimate of drug-likeness (QED) is 0.762. The van der Waals surface area contributed by atoms with E-state index in [0.29, 0.717) is 17.9 Å². The highest BCUT2D eigenvalue weighted by atomic mass is 19.3. The maximum atomic E-state index is 13.0. The summed E-state index contributed by atoms with van der Waals surface area (Å²) in [7, 11) is 0. The predicted octanol–water partition coefficient (Wildman–Crippen LogP) is 4.07. The van der Waals surface area contributed by atoms with Gasteiger partial charge in [-0.2, -0.15) is 17.6 Å². The molecule has 0 bridgehead atoms. The lowest BCUT2D eigenvalue weighted by Gasteiger charge is -2.35. The van der Waals surface area contributed by atoms with Crippen molar-refractivity contribution >= 4 is 0 Å². The molecule has 0 aromatic heterocycles. The van der Waals surface area contributed by atoms with Crippen LogP contribution in [0.3, 0.4) is 0 Å². The van der Waals surface area contributed by atoms with Crippen molar-refractivity contribution in [3.63, 3.8) is 0 Å². The maximum Gasteiger partial charge on any atom is 0.375 e. The Morgan fingerprint density at radius 2 is 1.65 bits per heavy atom. The molecule has 0 unspecified atom stereocenters. The summed E-state index contributed by atoms with van der Waals surface area (Å²) >= 11 is 0. The van der Waals surface area contributed by atoms with Gasteiger partial charge in [-0.3, -0.25) is 0 Å². The highest BCUT2D eigenvalue weighted by Crippen LogP contribution is 2.56. The van der Waals surface area contributed by atoms with Crippen LogP contribution in [0.25, 0.3) is 0 Å². The zero-order chi connectivity index (χ0) is 15.0. The van der Waals surface area contributed by atoms with Crippen LogP contribution in [0, 0.1) is 0 Å². The van der Waals surface area contributed by atoms with E-state index in [2.05, 4.69) is 4.74 Å². The summed E-state index contributed by atoms with van der Waals surface area (Å²) in [6.07, 6.45) is 0. The van der Waals surface area contributed by atoms with Crippen LogP contribution in [0.1, 0.15) is 12.5 Å². The van der Waals surface area contributed by atoms with Crippen LogP contribution in [0.15, 0.2) is 35.9 Å². The van der Waals surface area contributed by atoms with Crippen molar-refractivity contribution in [2.45, 2.75) is 25.4 Å². The van der Waals surface area contributed by atoms with Crippen LogP contribution < -0.4 is 4.74 Å². The van der Waals surface area contributed by atoms with Crippen molar-refractivity contribution in [2.75, 3.05) is 6.61 Å². The minimum Gasteiger partial charge on any atom is -0.493 e. The summed E-state index contributed by atoms with van der Waals surface area (Å²) in [4.78, 5) is 0. The van der Waals surface area contributed by atoms with Crippen LogP contribution >= 0.6 is 0 Å². The Balaban J connectivity index is 2.13. The van der Waals surface area contributed by atoms with Crippen LogP contribution in [-0.2, 0) is 11.3 Å². The Bertz CT molecular complexity index is 539. The Labute approximate surface area is 111 Å². The molecule has 0 N–H and O–H groups in total. The number of alkyl halides is 4. The molecule has 2 rings (SSSR count). The topological polar surface area (TPSA) is 18.5 Å². The minimum absolute atomic E-state index is 0.336. The number of para-hydroxylation sites is 1. The Morgan fingerprint density at radius 1 is 1.00 bits per heavy atom. The third-order valence-corrected chi connectivity index (χ3v) is 2.80. The van der Waals surface area contributed by atoms with Gasteiger partial charge in [-0.15, -0.1) is 0 Å². The van der Waals surface area contributed by atoms with Gasteiger partial charge in [-0.05, 0) is 13.0 Å². The van der Waals surface area contributed by atoms with Gasteiger partial charge in [0.1, 0.15) is 12.4 Å².